The number of thioether (sulfide) groups is 1. The zero-order valence-corrected chi connectivity index (χ0v) is 33.4. The summed E-state index contributed by atoms with van der Waals surface area (Å²) >= 11 is 8.35. The molecule has 13 heteroatoms. The number of ketones is 1. The average molecular weight is 868 g/mol. The predicted octanol–water partition coefficient (Wildman–Crippen LogP) is 8.00. The van der Waals surface area contributed by atoms with E-state index in [1.54, 1.807) is 54.5 Å². The van der Waals surface area contributed by atoms with E-state index < -0.39 is 5.91 Å². The number of nitrogens with zero attached hydrogens (tertiary/aromatic N) is 5. The molecule has 0 aliphatic rings. The molecule has 54 heavy (non-hydrogen) atoms. The Morgan fingerprint density at radius 2 is 1.17 bits per heavy atom. The van der Waals surface area contributed by atoms with Crippen LogP contribution in [0.1, 0.15) is 37.7 Å². The highest BCUT2D eigenvalue weighted by Crippen LogP contribution is 2.20. The molecule has 0 aliphatic heterocycles. The molecule has 7 aromatic rings. The third-order valence-electron chi connectivity index (χ3n) is 8.57. The molecule has 0 aliphatic carbocycles. The number of carbonyl (C=O) groups excluding carboxylic acids is 2. The minimum absolute atomic E-state index is 0.0537. The summed E-state index contributed by atoms with van der Waals surface area (Å²) in [6, 6.07) is 33.2. The molecule has 0 saturated heterocycles. The highest BCUT2D eigenvalue weighted by Gasteiger charge is 2.20. The molecule has 4 aromatic heterocycles. The zero-order valence-electron chi connectivity index (χ0n) is 29.4. The largest absolute Gasteiger partial charge is 0.340 e. The highest BCUT2D eigenvalue weighted by atomic mass is 79.9. The number of hydrogen-bond acceptors (Lipinski definition) is 8. The van der Waals surface area contributed by atoms with Gasteiger partial charge in [-0.25, -0.2) is 15.0 Å². The van der Waals surface area contributed by atoms with E-state index in [4.69, 9.17) is 4.84 Å². The second-order valence-electron chi connectivity index (χ2n) is 12.0. The third-order valence-corrected chi connectivity index (χ3v) is 10.2. The highest BCUT2D eigenvalue weighted by molar-refractivity contribution is 9.10. The number of aromatic nitrogens is 4. The first-order chi connectivity index (χ1) is 26.1. The normalized spacial score (nSPS) is 10.9. The number of benzene rings is 3. The van der Waals surface area contributed by atoms with Crippen molar-refractivity contribution < 1.29 is 14.4 Å². The molecular formula is C41H33Br2N5O5S. The smallest absolute Gasteiger partial charge is 0.282 e. The Balaban J connectivity index is 0.000000186. The first kappa shape index (κ1) is 38.5. The van der Waals surface area contributed by atoms with Crippen LogP contribution >= 0.6 is 43.6 Å². The summed E-state index contributed by atoms with van der Waals surface area (Å²) in [4.78, 5) is 66.3. The first-order valence-corrected chi connectivity index (χ1v) is 19.4. The van der Waals surface area contributed by atoms with Crippen LogP contribution in [0.2, 0.25) is 0 Å². The maximum Gasteiger partial charge on any atom is 0.282 e. The number of rotatable bonds is 9. The molecule has 3 aromatic carbocycles. The summed E-state index contributed by atoms with van der Waals surface area (Å²) in [5.41, 5.74) is 3.30. The topological polar surface area (TPSA) is 116 Å². The Kier molecular flexibility index (Phi) is 12.3. The second-order valence-corrected chi connectivity index (χ2v) is 14.5. The average Bonchev–Trinajstić information content (AvgIpc) is 3.19. The summed E-state index contributed by atoms with van der Waals surface area (Å²) in [5.74, 6) is -0.765. The van der Waals surface area contributed by atoms with Gasteiger partial charge in [-0.2, -0.15) is 0 Å². The van der Waals surface area contributed by atoms with Crippen molar-refractivity contribution in [2.24, 2.45) is 0 Å². The monoisotopic (exact) mass is 865 g/mol. The van der Waals surface area contributed by atoms with E-state index in [0.717, 1.165) is 41.6 Å². The summed E-state index contributed by atoms with van der Waals surface area (Å²) in [6.45, 7) is 0.878. The van der Waals surface area contributed by atoms with E-state index in [2.05, 4.69) is 41.8 Å². The summed E-state index contributed by atoms with van der Waals surface area (Å²) in [5, 5.41) is 2.04. The van der Waals surface area contributed by atoms with Crippen molar-refractivity contribution >= 4 is 77.1 Å². The van der Waals surface area contributed by atoms with Crippen LogP contribution in [0.5, 0.6) is 0 Å². The fourth-order valence-electron chi connectivity index (χ4n) is 5.84. The van der Waals surface area contributed by atoms with Crippen LogP contribution < -0.4 is 10.9 Å². The van der Waals surface area contributed by atoms with Crippen LogP contribution in [0.25, 0.3) is 21.8 Å². The molecule has 0 bridgehead atoms. The van der Waals surface area contributed by atoms with Crippen molar-refractivity contribution in [3.05, 3.63) is 179 Å². The van der Waals surface area contributed by atoms with E-state index in [1.165, 1.54) is 14.2 Å². The van der Waals surface area contributed by atoms with Gasteiger partial charge in [0.05, 0.1) is 48.2 Å². The maximum atomic E-state index is 13.1. The van der Waals surface area contributed by atoms with Gasteiger partial charge in [-0.15, -0.1) is 11.8 Å². The van der Waals surface area contributed by atoms with Gasteiger partial charge >= 0.3 is 0 Å². The lowest BCUT2D eigenvalue weighted by molar-refractivity contribution is -0.0758. The summed E-state index contributed by atoms with van der Waals surface area (Å²) in [6.07, 6.45) is 5.19. The molecule has 4 heterocycles. The molecule has 1 amide bonds. The minimum Gasteiger partial charge on any atom is -0.340 e. The third kappa shape index (κ3) is 8.60. The summed E-state index contributed by atoms with van der Waals surface area (Å²) < 4.78 is 5.23. The molecule has 0 spiro atoms. The fourth-order valence-corrected chi connectivity index (χ4v) is 7.01. The van der Waals surface area contributed by atoms with Crippen molar-refractivity contribution in [2.75, 3.05) is 20.4 Å². The van der Waals surface area contributed by atoms with Crippen molar-refractivity contribution in [1.82, 2.24) is 24.2 Å². The molecule has 7 rings (SSSR count). The van der Waals surface area contributed by atoms with Crippen LogP contribution in [0.4, 0.5) is 0 Å². The van der Waals surface area contributed by atoms with Crippen molar-refractivity contribution in [2.45, 2.75) is 18.0 Å². The van der Waals surface area contributed by atoms with Crippen molar-refractivity contribution in [1.29, 1.82) is 0 Å². The van der Waals surface area contributed by atoms with Crippen molar-refractivity contribution in [3.63, 3.8) is 0 Å². The van der Waals surface area contributed by atoms with Gasteiger partial charge in [-0.1, -0.05) is 36.4 Å². The Labute approximate surface area is 331 Å². The van der Waals surface area contributed by atoms with E-state index >= 15 is 0 Å². The van der Waals surface area contributed by atoms with Crippen LogP contribution in [-0.4, -0.2) is 56.3 Å². The number of hydroxylamine groups is 2. The van der Waals surface area contributed by atoms with Gasteiger partial charge in [0, 0.05) is 40.7 Å². The Hall–Kier alpha value is -5.21. The van der Waals surface area contributed by atoms with Crippen molar-refractivity contribution in [3.8, 4) is 0 Å². The van der Waals surface area contributed by atoms with E-state index in [1.807, 2.05) is 94.3 Å². The number of para-hydroxylation sites is 2. The predicted molar refractivity (Wildman–Crippen MR) is 219 cm³/mol. The quantitative estimate of drug-likeness (QED) is 0.0621. The van der Waals surface area contributed by atoms with E-state index in [9.17, 15) is 19.2 Å². The summed E-state index contributed by atoms with van der Waals surface area (Å²) in [7, 11) is 2.85. The molecule has 0 atom stereocenters. The van der Waals surface area contributed by atoms with Crippen LogP contribution in [0, 0.1) is 0 Å². The molecular weight excluding hydrogens is 834 g/mol. The minimum atomic E-state index is -0.491. The first-order valence-electron chi connectivity index (χ1n) is 16.6. The SMILES string of the molecule is CON(C)C(=O)c1cn(Cc2cccc(Br)n2)c2ccccc2c1=O.CSc1ccc(C(=O)c2cn(Cc3cccc(Br)n3)c3ccccc3c2=O)cc1. The number of carbonyl (C=O) groups is 2. The van der Waals surface area contributed by atoms with Gasteiger partial charge in [0.15, 0.2) is 5.78 Å². The Morgan fingerprint density at radius 1 is 0.685 bits per heavy atom. The second kappa shape index (κ2) is 17.3. The van der Waals surface area contributed by atoms with Gasteiger partial charge < -0.3 is 9.13 Å². The van der Waals surface area contributed by atoms with Gasteiger partial charge in [-0.05, 0) is 111 Å². The molecule has 10 nitrogen and oxygen atoms in total. The van der Waals surface area contributed by atoms with E-state index in [-0.39, 0.29) is 27.8 Å². The molecule has 0 radical (unpaired) electrons. The maximum absolute atomic E-state index is 13.1. The molecule has 0 fully saturated rings. The standard InChI is InChI=1S/C23H17BrN2O2S.C18H16BrN3O3/c1-29-17-11-9-15(10-12-17)22(27)19-14-26(13-16-5-4-8-21(24)25-16)20-7-3-2-6-18(20)23(19)28;1-21(25-2)18(24)14-11-22(10-12-6-5-9-16(19)20-12)15-8-4-3-7-13(15)17(14)23/h2-12,14H,13H2,1H3;3-9,11H,10H2,1-2H3. The molecule has 272 valence electrons. The van der Waals surface area contributed by atoms with Crippen LogP contribution in [-0.2, 0) is 17.9 Å². The lowest BCUT2D eigenvalue weighted by atomic mass is 10.0. The molecule has 0 saturated carbocycles. The number of pyridine rings is 4. The lowest BCUT2D eigenvalue weighted by Gasteiger charge is -2.16. The van der Waals surface area contributed by atoms with Gasteiger partial charge in [0.25, 0.3) is 5.91 Å². The van der Waals surface area contributed by atoms with Gasteiger partial charge in [0.2, 0.25) is 10.9 Å². The Morgan fingerprint density at radius 3 is 1.65 bits per heavy atom. The zero-order chi connectivity index (χ0) is 38.4. The number of hydrogen-bond donors (Lipinski definition) is 0. The lowest BCUT2D eigenvalue weighted by Crippen LogP contribution is -2.31. The van der Waals surface area contributed by atoms with Gasteiger partial charge in [0.1, 0.15) is 14.8 Å². The van der Waals surface area contributed by atoms with Gasteiger partial charge in [-0.3, -0.25) is 24.0 Å². The number of fused-ring (bicyclic) bond motifs is 2. The van der Waals surface area contributed by atoms with E-state index in [0.29, 0.717) is 29.4 Å². The van der Waals surface area contributed by atoms with Crippen LogP contribution in [0.3, 0.4) is 0 Å². The number of amides is 1. The molecule has 0 unspecified atom stereocenters. The Bertz CT molecular complexity index is 2630. The number of halogens is 2. The molecule has 0 N–H and O–H groups in total. The fraction of sp³-hybridized carbons (Fsp3) is 0.122. The van der Waals surface area contributed by atoms with Crippen LogP contribution in [0.15, 0.2) is 145 Å².